The minimum atomic E-state index is -0.703. The molecule has 7 heteroatoms. The molecule has 96 valence electrons. The highest BCUT2D eigenvalue weighted by molar-refractivity contribution is 5.54. The van der Waals surface area contributed by atoms with Crippen LogP contribution in [0.4, 0.5) is 20.2 Å². The van der Waals surface area contributed by atoms with Crippen LogP contribution in [0.5, 0.6) is 0 Å². The third kappa shape index (κ3) is 2.55. The van der Waals surface area contributed by atoms with Gasteiger partial charge in [0.05, 0.1) is 0 Å². The van der Waals surface area contributed by atoms with E-state index >= 15 is 0 Å². The fourth-order valence-corrected chi connectivity index (χ4v) is 1.59. The van der Waals surface area contributed by atoms with Gasteiger partial charge in [0.1, 0.15) is 17.8 Å². The van der Waals surface area contributed by atoms with Crippen LogP contribution in [0.25, 0.3) is 0 Å². The lowest BCUT2D eigenvalue weighted by Gasteiger charge is -2.09. The number of rotatable bonds is 4. The van der Waals surface area contributed by atoms with Gasteiger partial charge in [0.15, 0.2) is 11.6 Å². The van der Waals surface area contributed by atoms with Crippen molar-refractivity contribution in [2.24, 2.45) is 7.05 Å². The second kappa shape index (κ2) is 4.99. The number of nitrogens with zero attached hydrogens (tertiary/aromatic N) is 3. The topological polar surface area (TPSA) is 68.8 Å². The van der Waals surface area contributed by atoms with Crippen molar-refractivity contribution in [1.29, 1.82) is 0 Å². The molecular formula is C11H13F2N5. The second-order valence-corrected chi connectivity index (χ2v) is 3.89. The van der Waals surface area contributed by atoms with Crippen LogP contribution in [0.3, 0.4) is 0 Å². The fraction of sp³-hybridized carbons (Fsp3) is 0.273. The Hall–Kier alpha value is -2.18. The van der Waals surface area contributed by atoms with Crippen LogP contribution in [-0.4, -0.2) is 21.3 Å². The zero-order chi connectivity index (χ0) is 13.1. The van der Waals surface area contributed by atoms with E-state index in [0.717, 1.165) is 18.0 Å². The van der Waals surface area contributed by atoms with Crippen molar-refractivity contribution < 1.29 is 8.78 Å². The first kappa shape index (κ1) is 12.3. The monoisotopic (exact) mass is 253 g/mol. The van der Waals surface area contributed by atoms with Crippen LogP contribution in [0, 0.1) is 11.6 Å². The maximum absolute atomic E-state index is 13.4. The number of nitrogens with two attached hydrogens (primary N) is 1. The molecule has 0 unspecified atom stereocenters. The molecule has 2 aromatic rings. The van der Waals surface area contributed by atoms with Crippen molar-refractivity contribution in [3.63, 3.8) is 0 Å². The Balaban J connectivity index is 2.01. The molecule has 0 aliphatic carbocycles. The summed E-state index contributed by atoms with van der Waals surface area (Å²) < 4.78 is 28.6. The molecule has 5 nitrogen and oxygen atoms in total. The molecule has 0 spiro atoms. The zero-order valence-corrected chi connectivity index (χ0v) is 9.82. The maximum atomic E-state index is 13.4. The molecule has 18 heavy (non-hydrogen) atoms. The highest BCUT2D eigenvalue weighted by Crippen LogP contribution is 2.21. The highest BCUT2D eigenvalue weighted by Gasteiger charge is 2.10. The summed E-state index contributed by atoms with van der Waals surface area (Å²) in [5.74, 6) is -0.672. The molecule has 1 aromatic heterocycles. The first-order chi connectivity index (χ1) is 8.58. The SMILES string of the molecule is Cn1cnnc1CCNc1c(F)cc(N)cc1F. The summed E-state index contributed by atoms with van der Waals surface area (Å²) in [6, 6.07) is 2.15. The predicted octanol–water partition coefficient (Wildman–Crippen LogP) is 1.33. The summed E-state index contributed by atoms with van der Waals surface area (Å²) in [7, 11) is 1.81. The first-order valence-corrected chi connectivity index (χ1v) is 5.39. The zero-order valence-electron chi connectivity index (χ0n) is 9.82. The Bertz CT molecular complexity index is 529. The molecule has 0 radical (unpaired) electrons. The second-order valence-electron chi connectivity index (χ2n) is 3.89. The molecule has 0 aliphatic heterocycles. The largest absolute Gasteiger partial charge is 0.399 e. The van der Waals surface area contributed by atoms with E-state index in [4.69, 9.17) is 5.73 Å². The number of hydrogen-bond acceptors (Lipinski definition) is 4. The van der Waals surface area contributed by atoms with E-state index < -0.39 is 11.6 Å². The van der Waals surface area contributed by atoms with Crippen molar-refractivity contribution in [2.75, 3.05) is 17.6 Å². The molecule has 1 aromatic carbocycles. The predicted molar refractivity (Wildman–Crippen MR) is 64.0 cm³/mol. The third-order valence-electron chi connectivity index (χ3n) is 2.52. The number of nitrogen functional groups attached to an aromatic ring is 1. The van der Waals surface area contributed by atoms with Gasteiger partial charge < -0.3 is 15.6 Å². The highest BCUT2D eigenvalue weighted by atomic mass is 19.1. The smallest absolute Gasteiger partial charge is 0.151 e. The summed E-state index contributed by atoms with van der Waals surface area (Å²) in [5, 5.41) is 10.3. The van der Waals surface area contributed by atoms with Crippen molar-refractivity contribution in [1.82, 2.24) is 14.8 Å². The Labute approximate surface area is 103 Å². The molecular weight excluding hydrogens is 240 g/mol. The number of hydrogen-bond donors (Lipinski definition) is 2. The van der Waals surface area contributed by atoms with Crippen LogP contribution in [0.1, 0.15) is 5.82 Å². The molecule has 0 fully saturated rings. The molecule has 0 bridgehead atoms. The average Bonchev–Trinajstić information content (AvgIpc) is 2.68. The quantitative estimate of drug-likeness (QED) is 0.806. The van der Waals surface area contributed by atoms with Crippen LogP contribution in [0.15, 0.2) is 18.5 Å². The number of halogens is 2. The summed E-state index contributed by atoms with van der Waals surface area (Å²) in [6.45, 7) is 0.351. The van der Waals surface area contributed by atoms with Crippen LogP contribution in [-0.2, 0) is 13.5 Å². The summed E-state index contributed by atoms with van der Waals surface area (Å²) in [6.07, 6.45) is 2.08. The number of benzene rings is 1. The number of nitrogens with one attached hydrogen (secondary N) is 1. The summed E-state index contributed by atoms with van der Waals surface area (Å²) in [5.41, 5.74) is 5.21. The molecule has 0 saturated carbocycles. The van der Waals surface area contributed by atoms with Crippen LogP contribution < -0.4 is 11.1 Å². The standard InChI is InChI=1S/C11H13F2N5/c1-18-6-16-17-10(18)2-3-15-11-8(12)4-7(14)5-9(11)13/h4-6,15H,2-3,14H2,1H3. The van der Waals surface area contributed by atoms with E-state index in [1.165, 1.54) is 0 Å². The van der Waals surface area contributed by atoms with Gasteiger partial charge in [-0.05, 0) is 12.1 Å². The number of aryl methyl sites for hydroxylation is 1. The Morgan fingerprint density at radius 2 is 2.00 bits per heavy atom. The normalized spacial score (nSPS) is 10.6. The van der Waals surface area contributed by atoms with E-state index in [0.29, 0.717) is 13.0 Å². The van der Waals surface area contributed by atoms with Gasteiger partial charge in [-0.2, -0.15) is 0 Å². The molecule has 2 rings (SSSR count). The minimum absolute atomic E-state index is 0.0591. The van der Waals surface area contributed by atoms with Crippen LogP contribution in [0.2, 0.25) is 0 Å². The van der Waals surface area contributed by atoms with Crippen molar-refractivity contribution in [2.45, 2.75) is 6.42 Å². The lowest BCUT2D eigenvalue weighted by Crippen LogP contribution is -2.11. The van der Waals surface area contributed by atoms with Gasteiger partial charge in [-0.1, -0.05) is 0 Å². The van der Waals surface area contributed by atoms with Gasteiger partial charge in [-0.3, -0.25) is 0 Å². The minimum Gasteiger partial charge on any atom is -0.399 e. The van der Waals surface area contributed by atoms with E-state index in [1.54, 1.807) is 17.9 Å². The summed E-state index contributed by atoms with van der Waals surface area (Å²) >= 11 is 0. The summed E-state index contributed by atoms with van der Waals surface area (Å²) in [4.78, 5) is 0. The van der Waals surface area contributed by atoms with Gasteiger partial charge in [-0.15, -0.1) is 10.2 Å². The number of aromatic nitrogens is 3. The van der Waals surface area contributed by atoms with Crippen molar-refractivity contribution in [3.05, 3.63) is 35.9 Å². The third-order valence-corrected chi connectivity index (χ3v) is 2.52. The molecule has 1 heterocycles. The van der Waals surface area contributed by atoms with Gasteiger partial charge in [-0.25, -0.2) is 8.78 Å². The Kier molecular flexibility index (Phi) is 3.40. The van der Waals surface area contributed by atoms with Gasteiger partial charge in [0, 0.05) is 25.7 Å². The number of anilines is 2. The van der Waals surface area contributed by atoms with E-state index in [2.05, 4.69) is 15.5 Å². The van der Waals surface area contributed by atoms with Gasteiger partial charge >= 0.3 is 0 Å². The maximum Gasteiger partial charge on any atom is 0.151 e. The van der Waals surface area contributed by atoms with E-state index in [-0.39, 0.29) is 11.4 Å². The van der Waals surface area contributed by atoms with Gasteiger partial charge in [0.25, 0.3) is 0 Å². The molecule has 0 amide bonds. The first-order valence-electron chi connectivity index (χ1n) is 5.39. The van der Waals surface area contributed by atoms with E-state index in [9.17, 15) is 8.78 Å². The molecule has 3 N–H and O–H groups in total. The van der Waals surface area contributed by atoms with Crippen LogP contribution >= 0.6 is 0 Å². The Morgan fingerprint density at radius 3 is 2.56 bits per heavy atom. The lowest BCUT2D eigenvalue weighted by molar-refractivity contribution is 0.588. The van der Waals surface area contributed by atoms with Crippen molar-refractivity contribution in [3.8, 4) is 0 Å². The molecule has 0 saturated heterocycles. The average molecular weight is 253 g/mol. The van der Waals surface area contributed by atoms with Gasteiger partial charge in [0.2, 0.25) is 0 Å². The Morgan fingerprint density at radius 1 is 1.33 bits per heavy atom. The van der Waals surface area contributed by atoms with Crippen molar-refractivity contribution >= 4 is 11.4 Å². The molecule has 0 atom stereocenters. The molecule has 0 aliphatic rings. The van der Waals surface area contributed by atoms with E-state index in [1.807, 2.05) is 0 Å². The fourth-order valence-electron chi connectivity index (χ4n) is 1.59. The lowest BCUT2D eigenvalue weighted by atomic mass is 10.2.